The molecule has 0 fully saturated rings. The molecule has 7 heteroatoms. The molecule has 0 spiro atoms. The van der Waals surface area contributed by atoms with Crippen LogP contribution in [0.4, 0.5) is 0 Å². The summed E-state index contributed by atoms with van der Waals surface area (Å²) in [5.74, 6) is 0.857. The first-order valence-electron chi connectivity index (χ1n) is 10.0. The topological polar surface area (TPSA) is 49.4 Å². The van der Waals surface area contributed by atoms with E-state index in [1.165, 1.54) is 11.8 Å². The summed E-state index contributed by atoms with van der Waals surface area (Å²) in [5.41, 5.74) is 2.09. The lowest BCUT2D eigenvalue weighted by Gasteiger charge is -2.29. The summed E-state index contributed by atoms with van der Waals surface area (Å²) in [5, 5.41) is 3.64. The Morgan fingerprint density at radius 3 is 2.57 bits per heavy atom. The highest BCUT2D eigenvalue weighted by atomic mass is 79.9. The third-order valence-corrected chi connectivity index (χ3v) is 6.38. The van der Waals surface area contributed by atoms with Crippen molar-refractivity contribution in [3.8, 4) is 0 Å². The number of rotatable bonds is 11. The third-order valence-electron chi connectivity index (χ3n) is 4.65. The van der Waals surface area contributed by atoms with Crippen LogP contribution in [0.2, 0.25) is 5.02 Å². The fraction of sp³-hybridized carbons (Fsp3) is 0.391. The Morgan fingerprint density at radius 2 is 1.90 bits per heavy atom. The first-order valence-corrected chi connectivity index (χ1v) is 12.4. The Bertz CT molecular complexity index is 832. The second kappa shape index (κ2) is 13.0. The van der Waals surface area contributed by atoms with Gasteiger partial charge >= 0.3 is 0 Å². The lowest BCUT2D eigenvalue weighted by atomic mass is 10.1. The number of nitrogens with zero attached hydrogens (tertiary/aromatic N) is 1. The van der Waals surface area contributed by atoms with E-state index >= 15 is 0 Å². The Hall–Kier alpha value is -1.50. The number of carbonyl (C=O) groups is 2. The molecule has 0 radical (unpaired) electrons. The van der Waals surface area contributed by atoms with Crippen LogP contribution < -0.4 is 5.32 Å². The molecule has 0 aromatic heterocycles. The van der Waals surface area contributed by atoms with E-state index in [2.05, 4.69) is 28.2 Å². The molecule has 2 rings (SSSR count). The van der Waals surface area contributed by atoms with Crippen LogP contribution in [0.15, 0.2) is 53.0 Å². The standard InChI is InChI=1S/C23H28BrClN2O2S/c1-3-4-12-26-23(29)17(2)27(14-19-6-5-7-20(24)13-19)22(28)16-30-15-18-8-10-21(25)11-9-18/h5-11,13,17H,3-4,12,14-16H2,1-2H3,(H,26,29)/t17-/m0/s1. The molecule has 1 atom stereocenters. The van der Waals surface area contributed by atoms with Gasteiger partial charge in [0, 0.05) is 28.3 Å². The molecule has 0 aliphatic heterocycles. The van der Waals surface area contributed by atoms with E-state index in [-0.39, 0.29) is 11.8 Å². The molecule has 0 bridgehead atoms. The predicted octanol–water partition coefficient (Wildman–Crippen LogP) is 5.67. The van der Waals surface area contributed by atoms with Crippen molar-refractivity contribution in [3.63, 3.8) is 0 Å². The van der Waals surface area contributed by atoms with E-state index in [4.69, 9.17) is 11.6 Å². The van der Waals surface area contributed by atoms with Crippen molar-refractivity contribution in [1.82, 2.24) is 10.2 Å². The smallest absolute Gasteiger partial charge is 0.242 e. The van der Waals surface area contributed by atoms with Crippen molar-refractivity contribution < 1.29 is 9.59 Å². The van der Waals surface area contributed by atoms with Crippen molar-refractivity contribution in [2.45, 2.75) is 45.0 Å². The number of thioether (sulfide) groups is 1. The molecule has 0 aliphatic rings. The number of amides is 2. The van der Waals surface area contributed by atoms with Gasteiger partial charge in [-0.05, 0) is 48.7 Å². The zero-order chi connectivity index (χ0) is 21.9. The number of hydrogen-bond donors (Lipinski definition) is 1. The second-order valence-corrected chi connectivity index (χ2v) is 9.43. The van der Waals surface area contributed by atoms with Gasteiger partial charge in [-0.2, -0.15) is 0 Å². The molecule has 30 heavy (non-hydrogen) atoms. The molecular weight excluding hydrogens is 484 g/mol. The molecule has 0 unspecified atom stereocenters. The summed E-state index contributed by atoms with van der Waals surface area (Å²) >= 11 is 10.9. The van der Waals surface area contributed by atoms with E-state index in [0.29, 0.717) is 29.6 Å². The lowest BCUT2D eigenvalue weighted by Crippen LogP contribution is -2.48. The monoisotopic (exact) mass is 510 g/mol. The van der Waals surface area contributed by atoms with Crippen LogP contribution in [0.3, 0.4) is 0 Å². The zero-order valence-corrected chi connectivity index (χ0v) is 20.5. The highest BCUT2D eigenvalue weighted by molar-refractivity contribution is 9.10. The highest BCUT2D eigenvalue weighted by Crippen LogP contribution is 2.19. The van der Waals surface area contributed by atoms with Gasteiger partial charge in [-0.1, -0.05) is 65.1 Å². The third kappa shape index (κ3) is 8.32. The van der Waals surface area contributed by atoms with Gasteiger partial charge in [-0.3, -0.25) is 9.59 Å². The van der Waals surface area contributed by atoms with Crippen molar-refractivity contribution in [3.05, 3.63) is 69.2 Å². The van der Waals surface area contributed by atoms with Crippen LogP contribution in [0.25, 0.3) is 0 Å². The molecule has 162 valence electrons. The van der Waals surface area contributed by atoms with Gasteiger partial charge in [-0.25, -0.2) is 0 Å². The number of carbonyl (C=O) groups excluding carboxylic acids is 2. The maximum atomic E-state index is 13.0. The molecule has 0 saturated heterocycles. The number of nitrogens with one attached hydrogen (secondary N) is 1. The van der Waals surface area contributed by atoms with E-state index in [9.17, 15) is 9.59 Å². The molecule has 2 amide bonds. The molecule has 0 aliphatic carbocycles. The summed E-state index contributed by atoms with van der Waals surface area (Å²) in [6.07, 6.45) is 1.94. The van der Waals surface area contributed by atoms with E-state index in [0.717, 1.165) is 28.4 Å². The average Bonchev–Trinajstić information content (AvgIpc) is 2.73. The summed E-state index contributed by atoms with van der Waals surface area (Å²) in [6, 6.07) is 14.9. The first kappa shape index (κ1) is 24.8. The normalized spacial score (nSPS) is 11.7. The number of unbranched alkanes of at least 4 members (excludes halogenated alkanes) is 1. The highest BCUT2D eigenvalue weighted by Gasteiger charge is 2.25. The van der Waals surface area contributed by atoms with Crippen molar-refractivity contribution in [1.29, 1.82) is 0 Å². The van der Waals surface area contributed by atoms with Gasteiger partial charge in [0.1, 0.15) is 6.04 Å². The van der Waals surface area contributed by atoms with Gasteiger partial charge in [-0.15, -0.1) is 11.8 Å². The fourth-order valence-electron chi connectivity index (χ4n) is 2.87. The Morgan fingerprint density at radius 1 is 1.17 bits per heavy atom. The Kier molecular flexibility index (Phi) is 10.8. The average molecular weight is 512 g/mol. The maximum absolute atomic E-state index is 13.0. The largest absolute Gasteiger partial charge is 0.354 e. The SMILES string of the molecule is CCCCNC(=O)[C@H](C)N(Cc1cccc(Br)c1)C(=O)CSCc1ccc(Cl)cc1. The van der Waals surface area contributed by atoms with E-state index in [1.54, 1.807) is 11.8 Å². The molecule has 0 heterocycles. The minimum Gasteiger partial charge on any atom is -0.354 e. The maximum Gasteiger partial charge on any atom is 0.242 e. The number of halogens is 2. The van der Waals surface area contributed by atoms with Gasteiger partial charge < -0.3 is 10.2 Å². The van der Waals surface area contributed by atoms with Crippen LogP contribution in [0, 0.1) is 0 Å². The Labute approximate surface area is 196 Å². The van der Waals surface area contributed by atoms with E-state index in [1.807, 2.05) is 48.5 Å². The molecule has 0 saturated carbocycles. The van der Waals surface area contributed by atoms with Crippen LogP contribution in [0.1, 0.15) is 37.8 Å². The van der Waals surface area contributed by atoms with Gasteiger partial charge in [0.25, 0.3) is 0 Å². The van der Waals surface area contributed by atoms with Crippen LogP contribution in [-0.4, -0.2) is 35.1 Å². The molecule has 4 nitrogen and oxygen atoms in total. The molecule has 2 aromatic rings. The fourth-order valence-corrected chi connectivity index (χ4v) is 4.31. The summed E-state index contributed by atoms with van der Waals surface area (Å²) < 4.78 is 0.949. The molecular formula is C23H28BrClN2O2S. The molecule has 2 aromatic carbocycles. The number of benzene rings is 2. The summed E-state index contributed by atoms with van der Waals surface area (Å²) in [7, 11) is 0. The lowest BCUT2D eigenvalue weighted by molar-refractivity contribution is -0.138. The van der Waals surface area contributed by atoms with Crippen molar-refractivity contribution in [2.75, 3.05) is 12.3 Å². The van der Waals surface area contributed by atoms with Crippen molar-refractivity contribution in [2.24, 2.45) is 0 Å². The number of hydrogen-bond acceptors (Lipinski definition) is 3. The van der Waals surface area contributed by atoms with Gasteiger partial charge in [0.05, 0.1) is 5.75 Å². The van der Waals surface area contributed by atoms with Crippen molar-refractivity contribution >= 4 is 51.1 Å². The molecule has 1 N–H and O–H groups in total. The minimum atomic E-state index is -0.538. The second-order valence-electron chi connectivity index (χ2n) is 7.09. The van der Waals surface area contributed by atoms with Gasteiger partial charge in [0.15, 0.2) is 0 Å². The quantitative estimate of drug-likeness (QED) is 0.396. The van der Waals surface area contributed by atoms with Crippen LogP contribution in [-0.2, 0) is 21.9 Å². The summed E-state index contributed by atoms with van der Waals surface area (Å²) in [6.45, 7) is 4.89. The summed E-state index contributed by atoms with van der Waals surface area (Å²) in [4.78, 5) is 27.3. The van der Waals surface area contributed by atoms with E-state index < -0.39 is 6.04 Å². The minimum absolute atomic E-state index is 0.0490. The first-order chi connectivity index (χ1) is 14.4. The van der Waals surface area contributed by atoms with Crippen LogP contribution >= 0.6 is 39.3 Å². The van der Waals surface area contributed by atoms with Gasteiger partial charge in [0.2, 0.25) is 11.8 Å². The van der Waals surface area contributed by atoms with Crippen LogP contribution in [0.5, 0.6) is 0 Å². The Balaban J connectivity index is 2.03. The predicted molar refractivity (Wildman–Crippen MR) is 130 cm³/mol. The zero-order valence-electron chi connectivity index (χ0n) is 17.4.